The summed E-state index contributed by atoms with van der Waals surface area (Å²) in [6, 6.07) is 13.9. The molecule has 0 aliphatic carbocycles. The second kappa shape index (κ2) is 11.3. The molecule has 0 saturated heterocycles. The van der Waals surface area contributed by atoms with Crippen LogP contribution in [0.1, 0.15) is 17.0 Å². The van der Waals surface area contributed by atoms with Crippen molar-refractivity contribution >= 4 is 29.9 Å². The van der Waals surface area contributed by atoms with Crippen LogP contribution < -0.4 is 10.6 Å². The minimum absolute atomic E-state index is 0. The Kier molecular flexibility index (Phi) is 8.21. The van der Waals surface area contributed by atoms with Crippen LogP contribution in [0.4, 0.5) is 0 Å². The molecule has 0 spiro atoms. The van der Waals surface area contributed by atoms with Crippen molar-refractivity contribution in [2.45, 2.75) is 19.5 Å². The summed E-state index contributed by atoms with van der Waals surface area (Å²) in [6.45, 7) is 2.07. The van der Waals surface area contributed by atoms with E-state index in [-0.39, 0.29) is 24.0 Å². The van der Waals surface area contributed by atoms with Crippen LogP contribution in [-0.4, -0.2) is 44.5 Å². The van der Waals surface area contributed by atoms with Gasteiger partial charge in [0.1, 0.15) is 5.82 Å². The lowest BCUT2D eigenvalue weighted by atomic mass is 10.1. The number of aromatic amines is 1. The molecule has 0 aliphatic heterocycles. The highest BCUT2D eigenvalue weighted by molar-refractivity contribution is 14.0. The summed E-state index contributed by atoms with van der Waals surface area (Å²) in [6.07, 6.45) is 6.05. The Bertz CT molecular complexity index is 1070. The third-order valence-electron chi connectivity index (χ3n) is 4.61. The Balaban J connectivity index is 0.00000272. The summed E-state index contributed by atoms with van der Waals surface area (Å²) in [7, 11) is 1.76. The van der Waals surface area contributed by atoms with Crippen LogP contribution in [-0.2, 0) is 19.5 Å². The zero-order valence-electron chi connectivity index (χ0n) is 17.2. The number of furan rings is 1. The summed E-state index contributed by atoms with van der Waals surface area (Å²) in [5.41, 5.74) is 2.42. The van der Waals surface area contributed by atoms with E-state index in [1.54, 1.807) is 19.5 Å². The van der Waals surface area contributed by atoms with Crippen LogP contribution in [0.2, 0.25) is 0 Å². The van der Waals surface area contributed by atoms with Gasteiger partial charge in [0.2, 0.25) is 5.82 Å². The first-order valence-corrected chi connectivity index (χ1v) is 9.75. The Hall–Kier alpha value is -3.15. The molecule has 10 heteroatoms. The second-order valence-corrected chi connectivity index (χ2v) is 6.66. The van der Waals surface area contributed by atoms with Gasteiger partial charge in [0, 0.05) is 39.0 Å². The zero-order chi connectivity index (χ0) is 20.6. The maximum absolute atomic E-state index is 5.31. The first kappa shape index (κ1) is 22.5. The standard InChI is InChI=1S/C21H24N8O.HI/c1-22-21(23-11-9-19-26-20(28-27-19)18-8-4-13-30-18)24-14-16-6-2-3-7-17(16)15-29-12-5-10-25-29;/h2-8,10,12-13H,9,11,14-15H2,1H3,(H2,22,23,24)(H,26,27,28);1H. The van der Waals surface area contributed by atoms with Crippen LogP contribution in [0.5, 0.6) is 0 Å². The van der Waals surface area contributed by atoms with Gasteiger partial charge in [-0.25, -0.2) is 4.98 Å². The fraction of sp³-hybridized carbons (Fsp3) is 0.238. The zero-order valence-corrected chi connectivity index (χ0v) is 19.5. The van der Waals surface area contributed by atoms with Crippen molar-refractivity contribution in [3.05, 3.63) is 78.1 Å². The number of rotatable bonds is 8. The number of nitrogens with zero attached hydrogens (tertiary/aromatic N) is 5. The van der Waals surface area contributed by atoms with E-state index in [4.69, 9.17) is 4.42 Å². The van der Waals surface area contributed by atoms with E-state index < -0.39 is 0 Å². The molecule has 3 heterocycles. The van der Waals surface area contributed by atoms with Gasteiger partial charge in [-0.3, -0.25) is 14.8 Å². The Morgan fingerprint density at radius 3 is 2.74 bits per heavy atom. The van der Waals surface area contributed by atoms with E-state index in [0.717, 1.165) is 18.3 Å². The highest BCUT2D eigenvalue weighted by atomic mass is 127. The van der Waals surface area contributed by atoms with Crippen LogP contribution in [0, 0.1) is 0 Å². The smallest absolute Gasteiger partial charge is 0.216 e. The summed E-state index contributed by atoms with van der Waals surface area (Å²) >= 11 is 0. The lowest BCUT2D eigenvalue weighted by molar-refractivity contribution is 0.577. The summed E-state index contributed by atoms with van der Waals surface area (Å²) < 4.78 is 7.23. The molecule has 0 atom stereocenters. The molecule has 0 unspecified atom stereocenters. The number of H-pyrrole nitrogens is 1. The molecule has 1 aromatic carbocycles. The quantitative estimate of drug-likeness (QED) is 0.183. The molecular formula is C21H25IN8O. The van der Waals surface area contributed by atoms with Gasteiger partial charge in [-0.1, -0.05) is 24.3 Å². The first-order valence-electron chi connectivity index (χ1n) is 9.75. The van der Waals surface area contributed by atoms with Gasteiger partial charge in [0.05, 0.1) is 12.8 Å². The van der Waals surface area contributed by atoms with Crippen LogP contribution in [0.15, 0.2) is 70.5 Å². The molecule has 0 aliphatic rings. The number of hydrogen-bond acceptors (Lipinski definition) is 5. The lowest BCUT2D eigenvalue weighted by Gasteiger charge is -2.14. The Labute approximate surface area is 197 Å². The molecule has 3 aromatic heterocycles. The van der Waals surface area contributed by atoms with Gasteiger partial charge in [0.15, 0.2) is 11.7 Å². The number of hydrogen-bond donors (Lipinski definition) is 3. The summed E-state index contributed by atoms with van der Waals surface area (Å²) in [5.74, 6) is 2.73. The number of benzene rings is 1. The van der Waals surface area contributed by atoms with Gasteiger partial charge < -0.3 is 15.1 Å². The number of aromatic nitrogens is 5. The monoisotopic (exact) mass is 532 g/mol. The molecule has 0 radical (unpaired) electrons. The fourth-order valence-corrected chi connectivity index (χ4v) is 3.07. The largest absolute Gasteiger partial charge is 0.461 e. The highest BCUT2D eigenvalue weighted by Gasteiger charge is 2.09. The third kappa shape index (κ3) is 6.17. The van der Waals surface area contributed by atoms with Gasteiger partial charge in [-0.05, 0) is 29.3 Å². The summed E-state index contributed by atoms with van der Waals surface area (Å²) in [5, 5.41) is 18.1. The van der Waals surface area contributed by atoms with Crippen LogP contribution >= 0.6 is 24.0 Å². The number of aliphatic imine (C=N–C) groups is 1. The molecule has 162 valence electrons. The molecule has 0 amide bonds. The van der Waals surface area contributed by atoms with Crippen molar-refractivity contribution in [3.63, 3.8) is 0 Å². The number of guanidine groups is 1. The predicted octanol–water partition coefficient (Wildman–Crippen LogP) is 2.84. The molecule has 4 aromatic rings. The molecule has 0 bridgehead atoms. The Morgan fingerprint density at radius 1 is 1.13 bits per heavy atom. The van der Waals surface area contributed by atoms with Gasteiger partial charge >= 0.3 is 0 Å². The number of halogens is 1. The van der Waals surface area contributed by atoms with E-state index in [2.05, 4.69) is 48.0 Å². The topological polar surface area (TPSA) is 109 Å². The van der Waals surface area contributed by atoms with E-state index >= 15 is 0 Å². The molecule has 4 rings (SSSR count). The highest BCUT2D eigenvalue weighted by Crippen LogP contribution is 2.14. The van der Waals surface area contributed by atoms with E-state index in [9.17, 15) is 0 Å². The number of nitrogens with one attached hydrogen (secondary N) is 3. The van der Waals surface area contributed by atoms with Crippen molar-refractivity contribution in [1.29, 1.82) is 0 Å². The molecule has 0 saturated carbocycles. The molecule has 0 fully saturated rings. The second-order valence-electron chi connectivity index (χ2n) is 6.66. The van der Waals surface area contributed by atoms with E-state index in [0.29, 0.717) is 31.1 Å². The van der Waals surface area contributed by atoms with E-state index in [1.165, 1.54) is 11.1 Å². The maximum Gasteiger partial charge on any atom is 0.216 e. The third-order valence-corrected chi connectivity index (χ3v) is 4.61. The average molecular weight is 532 g/mol. The maximum atomic E-state index is 5.31. The predicted molar refractivity (Wildman–Crippen MR) is 129 cm³/mol. The van der Waals surface area contributed by atoms with Crippen LogP contribution in [0.25, 0.3) is 11.6 Å². The minimum atomic E-state index is 0. The van der Waals surface area contributed by atoms with Crippen LogP contribution in [0.3, 0.4) is 0 Å². The van der Waals surface area contributed by atoms with Crippen molar-refractivity contribution in [2.75, 3.05) is 13.6 Å². The van der Waals surface area contributed by atoms with Crippen molar-refractivity contribution in [2.24, 2.45) is 4.99 Å². The first-order chi connectivity index (χ1) is 14.8. The summed E-state index contributed by atoms with van der Waals surface area (Å²) in [4.78, 5) is 8.75. The molecular weight excluding hydrogens is 507 g/mol. The Morgan fingerprint density at radius 2 is 2.00 bits per heavy atom. The van der Waals surface area contributed by atoms with Crippen molar-refractivity contribution in [1.82, 2.24) is 35.6 Å². The molecule has 9 nitrogen and oxygen atoms in total. The average Bonchev–Trinajstić information content (AvgIpc) is 3.54. The normalized spacial score (nSPS) is 11.2. The molecule has 3 N–H and O–H groups in total. The lowest BCUT2D eigenvalue weighted by Crippen LogP contribution is -2.38. The fourth-order valence-electron chi connectivity index (χ4n) is 3.07. The van der Waals surface area contributed by atoms with Gasteiger partial charge in [-0.2, -0.15) is 10.2 Å². The molecule has 31 heavy (non-hydrogen) atoms. The van der Waals surface area contributed by atoms with Crippen molar-refractivity contribution in [3.8, 4) is 11.6 Å². The van der Waals surface area contributed by atoms with Crippen molar-refractivity contribution < 1.29 is 4.42 Å². The minimum Gasteiger partial charge on any atom is -0.461 e. The van der Waals surface area contributed by atoms with Gasteiger partial charge in [-0.15, -0.1) is 24.0 Å². The van der Waals surface area contributed by atoms with Gasteiger partial charge in [0.25, 0.3) is 0 Å². The van der Waals surface area contributed by atoms with E-state index in [1.807, 2.05) is 41.2 Å². The SMILES string of the molecule is CN=C(NCCc1nc(-c2ccco2)n[nH]1)NCc1ccccc1Cn1cccn1.I.